The van der Waals surface area contributed by atoms with Crippen molar-refractivity contribution in [3.8, 4) is 0 Å². The summed E-state index contributed by atoms with van der Waals surface area (Å²) < 4.78 is 30.8. The zero-order valence-corrected chi connectivity index (χ0v) is 19.7. The van der Waals surface area contributed by atoms with Crippen LogP contribution in [0.25, 0.3) is 0 Å². The normalized spacial score (nSPS) is 15.5. The summed E-state index contributed by atoms with van der Waals surface area (Å²) in [6.07, 6.45) is 0.384. The van der Waals surface area contributed by atoms with E-state index in [4.69, 9.17) is 12.9 Å². The highest BCUT2D eigenvalue weighted by Gasteiger charge is 2.47. The molecule has 0 N–H and O–H groups in total. The van der Waals surface area contributed by atoms with Crippen molar-refractivity contribution < 1.29 is 22.2 Å². The maximum Gasteiger partial charge on any atom is 0.325 e. The molecular formula is C13H33O5PSi3. The van der Waals surface area contributed by atoms with Crippen LogP contribution in [0, 0.1) is 0 Å². The van der Waals surface area contributed by atoms with Crippen molar-refractivity contribution in [3.05, 3.63) is 0 Å². The Morgan fingerprint density at radius 3 is 1.45 bits per heavy atom. The van der Waals surface area contributed by atoms with Gasteiger partial charge in [0.15, 0.2) is 22.3 Å². The van der Waals surface area contributed by atoms with Crippen molar-refractivity contribution in [3.63, 3.8) is 0 Å². The second-order valence-electron chi connectivity index (χ2n) is 8.40. The Morgan fingerprint density at radius 2 is 1.23 bits per heavy atom. The van der Waals surface area contributed by atoms with E-state index in [1.54, 1.807) is 0 Å². The summed E-state index contributed by atoms with van der Waals surface area (Å²) in [4.78, 5) is 12.5. The molecular weight excluding hydrogens is 351 g/mol. The Labute approximate surface area is 139 Å². The molecule has 0 saturated heterocycles. The van der Waals surface area contributed by atoms with Crippen LogP contribution in [0.2, 0.25) is 58.9 Å². The molecule has 0 aliphatic heterocycles. The molecule has 0 spiro atoms. The molecule has 0 aliphatic carbocycles. The average molecular weight is 385 g/mol. The molecule has 0 aromatic carbocycles. The minimum atomic E-state index is -3.54. The van der Waals surface area contributed by atoms with Crippen LogP contribution in [0.3, 0.4) is 0 Å². The number of carbonyl (C=O) groups is 1. The van der Waals surface area contributed by atoms with Gasteiger partial charge in [-0.2, -0.15) is 0 Å². The Morgan fingerprint density at radius 1 is 0.864 bits per heavy atom. The van der Waals surface area contributed by atoms with Gasteiger partial charge in [-0.05, 0) is 65.3 Å². The van der Waals surface area contributed by atoms with E-state index in [1.165, 1.54) is 0 Å². The summed E-state index contributed by atoms with van der Waals surface area (Å²) >= 11 is 0. The van der Waals surface area contributed by atoms with Gasteiger partial charge in [0, 0.05) is 0 Å². The topological polar surface area (TPSA) is 61.8 Å². The quantitative estimate of drug-likeness (QED) is 0.433. The predicted octanol–water partition coefficient (Wildman–Crippen LogP) is 5.04. The third-order valence-corrected chi connectivity index (χ3v) is 10.8. The molecule has 22 heavy (non-hydrogen) atoms. The van der Waals surface area contributed by atoms with Crippen LogP contribution in [0.4, 0.5) is 0 Å². The molecule has 1 atom stereocenters. The fourth-order valence-electron chi connectivity index (χ4n) is 1.80. The first-order chi connectivity index (χ1) is 9.49. The fraction of sp³-hybridized carbons (Fsp3) is 0.923. The van der Waals surface area contributed by atoms with E-state index in [9.17, 15) is 9.36 Å². The van der Waals surface area contributed by atoms with E-state index in [1.807, 2.05) is 65.8 Å². The van der Waals surface area contributed by atoms with Gasteiger partial charge < -0.3 is 12.9 Å². The molecule has 0 radical (unpaired) electrons. The van der Waals surface area contributed by atoms with E-state index >= 15 is 0 Å². The summed E-state index contributed by atoms with van der Waals surface area (Å²) in [5.74, 6) is -0.443. The van der Waals surface area contributed by atoms with Crippen LogP contribution in [0.1, 0.15) is 13.3 Å². The van der Waals surface area contributed by atoms with E-state index < -0.39 is 44.2 Å². The molecule has 132 valence electrons. The van der Waals surface area contributed by atoms with Gasteiger partial charge in [-0.3, -0.25) is 9.36 Å². The highest BCUT2D eigenvalue weighted by atomic mass is 31.2. The summed E-state index contributed by atoms with van der Waals surface area (Å²) in [6, 6.07) is 0. The molecule has 9 heteroatoms. The first kappa shape index (κ1) is 22.3. The lowest BCUT2D eigenvalue weighted by molar-refractivity contribution is -0.135. The van der Waals surface area contributed by atoms with Gasteiger partial charge in [0.2, 0.25) is 8.32 Å². The smallest absolute Gasteiger partial charge is 0.325 e. The lowest BCUT2D eigenvalue weighted by atomic mass is 10.3. The van der Waals surface area contributed by atoms with Crippen molar-refractivity contribution in [2.24, 2.45) is 0 Å². The van der Waals surface area contributed by atoms with Gasteiger partial charge in [0.25, 0.3) is 0 Å². The summed E-state index contributed by atoms with van der Waals surface area (Å²) in [5.41, 5.74) is -0.835. The number of hydrogen-bond donors (Lipinski definition) is 0. The van der Waals surface area contributed by atoms with Gasteiger partial charge >= 0.3 is 13.6 Å². The average Bonchev–Trinajstić information content (AvgIpc) is 2.06. The maximum atomic E-state index is 13.4. The van der Waals surface area contributed by atoms with Gasteiger partial charge in [-0.1, -0.05) is 6.92 Å². The third-order valence-electron chi connectivity index (χ3n) is 2.25. The Balaban J connectivity index is 5.62. The highest BCUT2D eigenvalue weighted by molar-refractivity contribution is 7.58. The standard InChI is InChI=1S/C13H33O5PSi3/c1-11-12(13(14)16-20(2,3)4)19(15,17-21(5,6)7)18-22(8,9)10/h12H,11H2,1-10H3. The second-order valence-corrected chi connectivity index (χ2v) is 24.4. The van der Waals surface area contributed by atoms with Crippen LogP contribution < -0.4 is 0 Å². The van der Waals surface area contributed by atoms with Crippen molar-refractivity contribution in [1.29, 1.82) is 0 Å². The lowest BCUT2D eigenvalue weighted by Crippen LogP contribution is -2.39. The van der Waals surface area contributed by atoms with Crippen molar-refractivity contribution in [2.45, 2.75) is 77.9 Å². The van der Waals surface area contributed by atoms with Gasteiger partial charge in [0.1, 0.15) is 0 Å². The molecule has 1 unspecified atom stereocenters. The number of carbonyl (C=O) groups excluding carboxylic acids is 1. The van der Waals surface area contributed by atoms with E-state index in [0.717, 1.165) is 0 Å². The molecule has 0 aromatic heterocycles. The number of hydrogen-bond acceptors (Lipinski definition) is 5. The first-order valence-corrected chi connectivity index (χ1v) is 19.6. The largest absolute Gasteiger partial charge is 0.519 e. The molecule has 0 saturated carbocycles. The lowest BCUT2D eigenvalue weighted by Gasteiger charge is -2.35. The summed E-state index contributed by atoms with van der Waals surface area (Å²) in [6.45, 7) is 19.3. The molecule has 0 aliphatic rings. The van der Waals surface area contributed by atoms with Gasteiger partial charge in [0.05, 0.1) is 0 Å². The minimum Gasteiger partial charge on any atom is -0.519 e. The Bertz CT molecular complexity index is 414. The van der Waals surface area contributed by atoms with Crippen LogP contribution in [0.5, 0.6) is 0 Å². The summed E-state index contributed by atoms with van der Waals surface area (Å²) in [5, 5.41) is 0. The molecule has 0 bridgehead atoms. The zero-order valence-electron chi connectivity index (χ0n) is 15.8. The Kier molecular flexibility index (Phi) is 7.53. The molecule has 0 aromatic rings. The van der Waals surface area contributed by atoms with E-state index in [2.05, 4.69) is 0 Å². The highest BCUT2D eigenvalue weighted by Crippen LogP contribution is 2.58. The first-order valence-electron chi connectivity index (χ1n) is 7.73. The van der Waals surface area contributed by atoms with Crippen molar-refractivity contribution in [1.82, 2.24) is 0 Å². The molecule has 0 rings (SSSR count). The monoisotopic (exact) mass is 384 g/mol. The summed E-state index contributed by atoms with van der Waals surface area (Å²) in [7, 11) is -9.87. The van der Waals surface area contributed by atoms with Gasteiger partial charge in [-0.15, -0.1) is 0 Å². The van der Waals surface area contributed by atoms with Crippen molar-refractivity contribution in [2.75, 3.05) is 0 Å². The third kappa shape index (κ3) is 8.79. The SMILES string of the molecule is CCC(C(=O)O[Si](C)(C)C)P(=O)(O[Si](C)(C)C)O[Si](C)(C)C. The zero-order chi connectivity index (χ0) is 18.0. The number of rotatable bonds is 8. The van der Waals surface area contributed by atoms with E-state index in [0.29, 0.717) is 6.42 Å². The predicted molar refractivity (Wildman–Crippen MR) is 100.0 cm³/mol. The van der Waals surface area contributed by atoms with Gasteiger partial charge in [-0.25, -0.2) is 0 Å². The molecule has 0 amide bonds. The van der Waals surface area contributed by atoms with Crippen LogP contribution >= 0.6 is 7.60 Å². The van der Waals surface area contributed by atoms with Crippen molar-refractivity contribution >= 4 is 38.5 Å². The minimum absolute atomic E-state index is 0.384. The Hall–Kier alpha value is 0.271. The maximum absolute atomic E-state index is 13.4. The molecule has 0 fully saturated rings. The van der Waals surface area contributed by atoms with E-state index in [-0.39, 0.29) is 0 Å². The molecule has 0 heterocycles. The second kappa shape index (κ2) is 7.44. The van der Waals surface area contributed by atoms with Crippen LogP contribution in [0.15, 0.2) is 0 Å². The molecule has 5 nitrogen and oxygen atoms in total. The van der Waals surface area contributed by atoms with Crippen LogP contribution in [-0.4, -0.2) is 36.6 Å². The van der Waals surface area contributed by atoms with Crippen LogP contribution in [-0.2, 0) is 22.2 Å². The fourth-order valence-corrected chi connectivity index (χ4v) is 11.0.